The fourth-order valence-electron chi connectivity index (χ4n) is 2.14. The molecule has 0 unspecified atom stereocenters. The SMILES string of the molecule is O=S(=O)(c1ccc(Cl)c(F)c1Cl)N1CCC[C@H]1CO. The fraction of sp³-hybridized carbons (Fsp3) is 0.455. The second-order valence-corrected chi connectivity index (χ2v) is 6.91. The van der Waals surface area contributed by atoms with Crippen LogP contribution in [0.3, 0.4) is 0 Å². The molecule has 1 aliphatic rings. The van der Waals surface area contributed by atoms with Crippen LogP contribution in [0.5, 0.6) is 0 Å². The van der Waals surface area contributed by atoms with Crippen molar-refractivity contribution < 1.29 is 17.9 Å². The Bertz CT molecular complexity index is 594. The third-order valence-electron chi connectivity index (χ3n) is 3.12. The first kappa shape index (κ1) is 15.0. The maximum absolute atomic E-state index is 13.6. The Hall–Kier alpha value is -0.400. The number of benzene rings is 1. The lowest BCUT2D eigenvalue weighted by atomic mass is 10.2. The standard InChI is InChI=1S/C11H12Cl2FNO3S/c12-8-3-4-9(10(13)11(8)14)19(17,18)15-5-1-2-7(15)6-16/h3-4,7,16H,1-2,5-6H2/t7-/m0/s1. The first-order valence-corrected chi connectivity index (χ1v) is 7.85. The Morgan fingerprint density at radius 3 is 2.74 bits per heavy atom. The Labute approximate surface area is 120 Å². The molecule has 0 saturated carbocycles. The molecule has 1 aromatic carbocycles. The van der Waals surface area contributed by atoms with E-state index in [-0.39, 0.29) is 23.1 Å². The summed E-state index contributed by atoms with van der Waals surface area (Å²) >= 11 is 11.3. The minimum Gasteiger partial charge on any atom is -0.395 e. The lowest BCUT2D eigenvalue weighted by Crippen LogP contribution is -2.37. The van der Waals surface area contributed by atoms with Crippen LogP contribution >= 0.6 is 23.2 Å². The highest BCUT2D eigenvalue weighted by atomic mass is 35.5. The molecule has 4 nitrogen and oxygen atoms in total. The summed E-state index contributed by atoms with van der Waals surface area (Å²) in [5.74, 6) is -0.954. The number of aliphatic hydroxyl groups excluding tert-OH is 1. The van der Waals surface area contributed by atoms with Crippen LogP contribution in [0.2, 0.25) is 10.0 Å². The summed E-state index contributed by atoms with van der Waals surface area (Å²) in [6.07, 6.45) is 1.22. The van der Waals surface area contributed by atoms with Crippen molar-refractivity contribution in [3.05, 3.63) is 28.0 Å². The van der Waals surface area contributed by atoms with Gasteiger partial charge in [-0.05, 0) is 25.0 Å². The quantitative estimate of drug-likeness (QED) is 0.866. The Morgan fingerprint density at radius 2 is 2.11 bits per heavy atom. The van der Waals surface area contributed by atoms with Crippen LogP contribution < -0.4 is 0 Å². The van der Waals surface area contributed by atoms with Gasteiger partial charge < -0.3 is 5.11 Å². The average Bonchev–Trinajstić information content (AvgIpc) is 2.84. The van der Waals surface area contributed by atoms with Crippen molar-refractivity contribution in [1.29, 1.82) is 0 Å². The van der Waals surface area contributed by atoms with Crippen LogP contribution in [-0.2, 0) is 10.0 Å². The van der Waals surface area contributed by atoms with Crippen molar-refractivity contribution in [2.75, 3.05) is 13.2 Å². The summed E-state index contributed by atoms with van der Waals surface area (Å²) in [6, 6.07) is 1.84. The van der Waals surface area contributed by atoms with Gasteiger partial charge in [0.15, 0.2) is 5.82 Å². The van der Waals surface area contributed by atoms with Crippen molar-refractivity contribution in [1.82, 2.24) is 4.31 Å². The zero-order valence-corrected chi connectivity index (χ0v) is 12.1. The lowest BCUT2D eigenvalue weighted by Gasteiger charge is -2.23. The third-order valence-corrected chi connectivity index (χ3v) is 5.89. The molecule has 8 heteroatoms. The van der Waals surface area contributed by atoms with Gasteiger partial charge in [-0.25, -0.2) is 12.8 Å². The summed E-state index contributed by atoms with van der Waals surface area (Å²) in [4.78, 5) is -0.323. The van der Waals surface area contributed by atoms with Crippen LogP contribution in [0.1, 0.15) is 12.8 Å². The molecule has 1 aromatic rings. The molecule has 0 aliphatic carbocycles. The van der Waals surface area contributed by atoms with Gasteiger partial charge >= 0.3 is 0 Å². The van der Waals surface area contributed by atoms with Crippen molar-refractivity contribution in [2.24, 2.45) is 0 Å². The number of halogens is 3. The first-order chi connectivity index (χ1) is 8.89. The van der Waals surface area contributed by atoms with Crippen LogP contribution in [0.25, 0.3) is 0 Å². The van der Waals surface area contributed by atoms with E-state index in [4.69, 9.17) is 23.2 Å². The maximum Gasteiger partial charge on any atom is 0.244 e. The van der Waals surface area contributed by atoms with Gasteiger partial charge in [-0.3, -0.25) is 0 Å². The number of hydrogen-bond donors (Lipinski definition) is 1. The van der Waals surface area contributed by atoms with Gasteiger partial charge in [-0.2, -0.15) is 4.31 Å². The van der Waals surface area contributed by atoms with Crippen molar-refractivity contribution >= 4 is 33.2 Å². The molecule has 106 valence electrons. The van der Waals surface area contributed by atoms with E-state index in [0.717, 1.165) is 10.4 Å². The van der Waals surface area contributed by atoms with Gasteiger partial charge in [0.25, 0.3) is 0 Å². The smallest absolute Gasteiger partial charge is 0.244 e. The third kappa shape index (κ3) is 2.60. The molecule has 1 fully saturated rings. The number of nitrogens with zero attached hydrogens (tertiary/aromatic N) is 1. The summed E-state index contributed by atoms with van der Waals surface area (Å²) in [7, 11) is -3.93. The molecular formula is C11H12Cl2FNO3S. The molecule has 0 bridgehead atoms. The Morgan fingerprint density at radius 1 is 1.42 bits per heavy atom. The van der Waals surface area contributed by atoms with E-state index in [1.165, 1.54) is 6.07 Å². The normalized spacial score (nSPS) is 20.9. The van der Waals surface area contributed by atoms with E-state index in [9.17, 15) is 17.9 Å². The summed E-state index contributed by atoms with van der Waals surface area (Å²) in [5.41, 5.74) is 0. The summed E-state index contributed by atoms with van der Waals surface area (Å²) in [5, 5.41) is 8.43. The molecule has 0 radical (unpaired) electrons. The van der Waals surface area contributed by atoms with E-state index in [0.29, 0.717) is 12.8 Å². The van der Waals surface area contributed by atoms with Crippen molar-refractivity contribution in [3.8, 4) is 0 Å². The van der Waals surface area contributed by atoms with E-state index in [1.54, 1.807) is 0 Å². The predicted molar refractivity (Wildman–Crippen MR) is 70.4 cm³/mol. The van der Waals surface area contributed by atoms with Crippen LogP contribution in [0, 0.1) is 5.82 Å². The molecule has 0 amide bonds. The summed E-state index contributed by atoms with van der Waals surface area (Å²) in [6.45, 7) is 0.0149. The summed E-state index contributed by atoms with van der Waals surface area (Å²) < 4.78 is 39.6. The minimum absolute atomic E-state index is 0.232. The molecule has 19 heavy (non-hydrogen) atoms. The highest BCUT2D eigenvalue weighted by Gasteiger charge is 2.36. The Kier molecular flexibility index (Phi) is 4.37. The highest BCUT2D eigenvalue weighted by molar-refractivity contribution is 7.89. The molecule has 0 spiro atoms. The van der Waals surface area contributed by atoms with E-state index >= 15 is 0 Å². The van der Waals surface area contributed by atoms with Gasteiger partial charge in [0, 0.05) is 12.6 Å². The second kappa shape index (κ2) is 5.54. The fourth-order valence-corrected chi connectivity index (χ4v) is 4.55. The van der Waals surface area contributed by atoms with Crippen molar-refractivity contribution in [2.45, 2.75) is 23.8 Å². The molecule has 0 aromatic heterocycles. The van der Waals surface area contributed by atoms with Crippen LogP contribution in [-0.4, -0.2) is 37.0 Å². The zero-order chi connectivity index (χ0) is 14.2. The first-order valence-electron chi connectivity index (χ1n) is 5.65. The van der Waals surface area contributed by atoms with E-state index in [2.05, 4.69) is 0 Å². The lowest BCUT2D eigenvalue weighted by molar-refractivity contribution is 0.213. The predicted octanol–water partition coefficient (Wildman–Crippen LogP) is 2.28. The topological polar surface area (TPSA) is 57.6 Å². The average molecular weight is 328 g/mol. The molecular weight excluding hydrogens is 316 g/mol. The molecule has 1 N–H and O–H groups in total. The van der Waals surface area contributed by atoms with E-state index in [1.807, 2.05) is 0 Å². The van der Waals surface area contributed by atoms with Gasteiger partial charge in [-0.15, -0.1) is 0 Å². The second-order valence-electron chi connectivity index (χ2n) is 4.27. The minimum atomic E-state index is -3.93. The number of rotatable bonds is 3. The number of sulfonamides is 1. The zero-order valence-electron chi connectivity index (χ0n) is 9.81. The monoisotopic (exact) mass is 327 g/mol. The molecule has 1 saturated heterocycles. The van der Waals surface area contributed by atoms with Gasteiger partial charge in [0.1, 0.15) is 4.90 Å². The largest absolute Gasteiger partial charge is 0.395 e. The van der Waals surface area contributed by atoms with Crippen LogP contribution in [0.4, 0.5) is 4.39 Å². The molecule has 2 rings (SSSR count). The van der Waals surface area contributed by atoms with E-state index < -0.39 is 26.9 Å². The van der Waals surface area contributed by atoms with Gasteiger partial charge in [-0.1, -0.05) is 23.2 Å². The molecule has 1 atom stereocenters. The van der Waals surface area contributed by atoms with Gasteiger partial charge in [0.05, 0.1) is 16.7 Å². The highest BCUT2D eigenvalue weighted by Crippen LogP contribution is 2.33. The molecule has 1 heterocycles. The van der Waals surface area contributed by atoms with Crippen molar-refractivity contribution in [3.63, 3.8) is 0 Å². The molecule has 1 aliphatic heterocycles. The Balaban J connectivity index is 2.48. The number of hydrogen-bond acceptors (Lipinski definition) is 3. The number of aliphatic hydroxyl groups is 1. The maximum atomic E-state index is 13.6. The van der Waals surface area contributed by atoms with Crippen LogP contribution in [0.15, 0.2) is 17.0 Å². The van der Waals surface area contributed by atoms with Gasteiger partial charge in [0.2, 0.25) is 10.0 Å².